The molecule has 0 radical (unpaired) electrons. The van der Waals surface area contributed by atoms with Crippen molar-refractivity contribution in [3.05, 3.63) is 24.5 Å². The molecule has 9 nitrogen and oxygen atoms in total. The molecule has 0 spiro atoms. The first kappa shape index (κ1) is 20.7. The zero-order valence-corrected chi connectivity index (χ0v) is 16.6. The molecule has 28 heavy (non-hydrogen) atoms. The van der Waals surface area contributed by atoms with Crippen molar-refractivity contribution < 1.29 is 27.5 Å². The van der Waals surface area contributed by atoms with Crippen LogP contribution in [0.2, 0.25) is 0 Å². The molecule has 0 N–H and O–H groups in total. The number of amides is 1. The number of esters is 1. The molecule has 1 aromatic rings. The highest BCUT2D eigenvalue weighted by molar-refractivity contribution is 7.89. The van der Waals surface area contributed by atoms with Crippen LogP contribution in [0.5, 0.6) is 0 Å². The highest BCUT2D eigenvalue weighted by atomic mass is 32.2. The predicted molar refractivity (Wildman–Crippen MR) is 98.7 cm³/mol. The quantitative estimate of drug-likeness (QED) is 0.641. The van der Waals surface area contributed by atoms with Crippen LogP contribution in [0.25, 0.3) is 0 Å². The first-order valence-electron chi connectivity index (χ1n) is 9.34. The van der Waals surface area contributed by atoms with E-state index in [1.54, 1.807) is 11.0 Å². The number of nitrogens with zero attached hydrogens (tertiary/aromatic N) is 3. The van der Waals surface area contributed by atoms with Crippen LogP contribution in [0.3, 0.4) is 0 Å². The second-order valence-electron chi connectivity index (χ2n) is 7.00. The molecule has 1 atom stereocenters. The predicted octanol–water partition coefficient (Wildman–Crippen LogP) is 0.273. The summed E-state index contributed by atoms with van der Waals surface area (Å²) in [6, 6.07) is 3.07. The Bertz CT molecular complexity index is 793. The van der Waals surface area contributed by atoms with Gasteiger partial charge in [-0.1, -0.05) is 0 Å². The minimum atomic E-state index is -3.61. The van der Waals surface area contributed by atoms with Crippen LogP contribution in [0.15, 0.2) is 29.4 Å². The highest BCUT2D eigenvalue weighted by Gasteiger charge is 2.33. The molecular formula is C18H25N3O6S. The van der Waals surface area contributed by atoms with Crippen LogP contribution in [0.1, 0.15) is 19.8 Å². The van der Waals surface area contributed by atoms with Gasteiger partial charge in [-0.25, -0.2) is 8.42 Å². The molecule has 2 fully saturated rings. The van der Waals surface area contributed by atoms with Crippen molar-refractivity contribution in [1.82, 2.24) is 14.2 Å². The standard InChI is InChI=1S/C18H25N3O6S/c1-14-12-20(9-10-26-14)17(22)13-27-18(23)15-4-7-21(8-5-15)28(24,25)16-3-2-6-19-11-16/h2-3,6,11,14-15H,4-5,7-10,12-13H2,1H3. The van der Waals surface area contributed by atoms with E-state index < -0.39 is 21.9 Å². The molecule has 154 valence electrons. The molecule has 1 amide bonds. The van der Waals surface area contributed by atoms with Crippen LogP contribution in [0.4, 0.5) is 0 Å². The lowest BCUT2D eigenvalue weighted by molar-refractivity contribution is -0.158. The average Bonchev–Trinajstić information content (AvgIpc) is 2.72. The summed E-state index contributed by atoms with van der Waals surface area (Å²) in [4.78, 5) is 30.1. The summed E-state index contributed by atoms with van der Waals surface area (Å²) in [5.74, 6) is -1.09. The van der Waals surface area contributed by atoms with Gasteiger partial charge in [0.15, 0.2) is 6.61 Å². The molecular weight excluding hydrogens is 386 g/mol. The molecule has 2 aliphatic heterocycles. The van der Waals surface area contributed by atoms with E-state index in [9.17, 15) is 18.0 Å². The Morgan fingerprint density at radius 2 is 2.04 bits per heavy atom. The summed E-state index contributed by atoms with van der Waals surface area (Å²) < 4.78 is 37.1. The largest absolute Gasteiger partial charge is 0.455 e. The number of carbonyl (C=O) groups excluding carboxylic acids is 2. The number of sulfonamides is 1. The molecule has 2 aliphatic rings. The van der Waals surface area contributed by atoms with Gasteiger partial charge in [-0.05, 0) is 31.9 Å². The second-order valence-corrected chi connectivity index (χ2v) is 8.93. The van der Waals surface area contributed by atoms with Gasteiger partial charge in [-0.2, -0.15) is 4.31 Å². The summed E-state index contributed by atoms with van der Waals surface area (Å²) in [5, 5.41) is 0. The van der Waals surface area contributed by atoms with Gasteiger partial charge < -0.3 is 14.4 Å². The van der Waals surface area contributed by atoms with Crippen molar-refractivity contribution in [3.8, 4) is 0 Å². The molecule has 1 unspecified atom stereocenters. The monoisotopic (exact) mass is 411 g/mol. The van der Waals surface area contributed by atoms with Gasteiger partial charge in [0.2, 0.25) is 10.0 Å². The molecule has 2 saturated heterocycles. The van der Waals surface area contributed by atoms with Gasteiger partial charge in [0.25, 0.3) is 5.91 Å². The summed E-state index contributed by atoms with van der Waals surface area (Å²) in [7, 11) is -3.61. The van der Waals surface area contributed by atoms with Crippen molar-refractivity contribution in [2.75, 3.05) is 39.4 Å². The zero-order valence-electron chi connectivity index (χ0n) is 15.8. The van der Waals surface area contributed by atoms with Crippen LogP contribution in [0, 0.1) is 5.92 Å². The Hall–Kier alpha value is -2.04. The number of morpholine rings is 1. The molecule has 0 aromatic carbocycles. The van der Waals surface area contributed by atoms with E-state index in [1.807, 2.05) is 6.92 Å². The normalized spacial score (nSPS) is 22.0. The SMILES string of the molecule is CC1CN(C(=O)COC(=O)C2CCN(S(=O)(=O)c3cccnc3)CC2)CCO1. The Balaban J connectivity index is 1.47. The van der Waals surface area contributed by atoms with Crippen LogP contribution < -0.4 is 0 Å². The third-order valence-electron chi connectivity index (χ3n) is 4.99. The van der Waals surface area contributed by atoms with Gasteiger partial charge in [-0.3, -0.25) is 14.6 Å². The van der Waals surface area contributed by atoms with Crippen molar-refractivity contribution in [2.45, 2.75) is 30.8 Å². The van der Waals surface area contributed by atoms with Gasteiger partial charge >= 0.3 is 5.97 Å². The van der Waals surface area contributed by atoms with E-state index in [1.165, 1.54) is 22.8 Å². The van der Waals surface area contributed by atoms with Gasteiger partial charge in [0.05, 0.1) is 18.6 Å². The number of piperidine rings is 1. The maximum absolute atomic E-state index is 12.6. The van der Waals surface area contributed by atoms with Crippen molar-refractivity contribution in [2.24, 2.45) is 5.92 Å². The lowest BCUT2D eigenvalue weighted by atomic mass is 9.98. The maximum Gasteiger partial charge on any atom is 0.309 e. The van der Waals surface area contributed by atoms with Crippen LogP contribution >= 0.6 is 0 Å². The summed E-state index contributed by atoms with van der Waals surface area (Å²) in [6.45, 7) is 3.51. The fraction of sp³-hybridized carbons (Fsp3) is 0.611. The van der Waals surface area contributed by atoms with Gasteiger partial charge in [0, 0.05) is 38.6 Å². The Morgan fingerprint density at radius 3 is 2.68 bits per heavy atom. The van der Waals surface area contributed by atoms with Crippen molar-refractivity contribution in [1.29, 1.82) is 0 Å². The average molecular weight is 411 g/mol. The van der Waals surface area contributed by atoms with E-state index in [4.69, 9.17) is 9.47 Å². The Morgan fingerprint density at radius 1 is 1.29 bits per heavy atom. The number of rotatable bonds is 5. The van der Waals surface area contributed by atoms with Crippen LogP contribution in [-0.4, -0.2) is 80.0 Å². The minimum Gasteiger partial charge on any atom is -0.455 e. The summed E-state index contributed by atoms with van der Waals surface area (Å²) in [5.41, 5.74) is 0. The lowest BCUT2D eigenvalue weighted by Gasteiger charge is -2.32. The van der Waals surface area contributed by atoms with Gasteiger partial charge in [0.1, 0.15) is 4.90 Å². The highest BCUT2D eigenvalue weighted by Crippen LogP contribution is 2.24. The molecule has 0 saturated carbocycles. The van der Waals surface area contributed by atoms with E-state index in [2.05, 4.69) is 4.98 Å². The first-order valence-corrected chi connectivity index (χ1v) is 10.8. The molecule has 0 bridgehead atoms. The molecule has 10 heteroatoms. The number of pyridine rings is 1. The smallest absolute Gasteiger partial charge is 0.309 e. The summed E-state index contributed by atoms with van der Waals surface area (Å²) >= 11 is 0. The third-order valence-corrected chi connectivity index (χ3v) is 6.87. The van der Waals surface area contributed by atoms with Crippen molar-refractivity contribution in [3.63, 3.8) is 0 Å². The van der Waals surface area contributed by atoms with E-state index in [-0.39, 0.29) is 36.6 Å². The number of ether oxygens (including phenoxy) is 2. The number of hydrogen-bond acceptors (Lipinski definition) is 7. The van der Waals surface area contributed by atoms with Crippen LogP contribution in [-0.2, 0) is 29.1 Å². The molecule has 1 aromatic heterocycles. The fourth-order valence-electron chi connectivity index (χ4n) is 3.37. The van der Waals surface area contributed by atoms with E-state index in [0.717, 1.165) is 0 Å². The zero-order chi connectivity index (χ0) is 20.1. The molecule has 3 rings (SSSR count). The number of aromatic nitrogens is 1. The lowest BCUT2D eigenvalue weighted by Crippen LogP contribution is -2.46. The maximum atomic E-state index is 12.6. The molecule has 3 heterocycles. The number of hydrogen-bond donors (Lipinski definition) is 0. The van der Waals surface area contributed by atoms with Gasteiger partial charge in [-0.15, -0.1) is 0 Å². The summed E-state index contributed by atoms with van der Waals surface area (Å²) in [6.07, 6.45) is 3.52. The van der Waals surface area contributed by atoms with Crippen molar-refractivity contribution >= 4 is 21.9 Å². The number of carbonyl (C=O) groups is 2. The Kier molecular flexibility index (Phi) is 6.63. The minimum absolute atomic E-state index is 0.0282. The van der Waals surface area contributed by atoms with E-state index in [0.29, 0.717) is 32.5 Å². The third kappa shape index (κ3) is 4.86. The van der Waals surface area contributed by atoms with E-state index >= 15 is 0 Å². The Labute approximate surface area is 164 Å². The fourth-order valence-corrected chi connectivity index (χ4v) is 4.80. The molecule has 0 aliphatic carbocycles. The topological polar surface area (TPSA) is 106 Å². The first-order chi connectivity index (χ1) is 13.4. The second kappa shape index (κ2) is 8.97.